The molecule has 2 aromatic heterocycles. The third kappa shape index (κ3) is 4.05. The van der Waals surface area contributed by atoms with Crippen LogP contribution in [0, 0.1) is 6.92 Å². The van der Waals surface area contributed by atoms with Crippen LogP contribution in [0.15, 0.2) is 48.8 Å². The zero-order valence-electron chi connectivity index (χ0n) is 13.4. The normalized spacial score (nSPS) is 9.91. The van der Waals surface area contributed by atoms with E-state index in [2.05, 4.69) is 46.4 Å². The summed E-state index contributed by atoms with van der Waals surface area (Å²) in [5.74, 6) is 0.440. The van der Waals surface area contributed by atoms with Crippen LogP contribution in [0.4, 0.5) is 5.82 Å². The molecular formula is C18H19ClN4. The molecule has 0 saturated carbocycles. The van der Waals surface area contributed by atoms with Crippen molar-refractivity contribution in [2.75, 3.05) is 5.73 Å². The Bertz CT molecular complexity index is 785. The summed E-state index contributed by atoms with van der Waals surface area (Å²) in [6, 6.07) is 12.0. The third-order valence-electron chi connectivity index (χ3n) is 3.24. The first-order valence-electron chi connectivity index (χ1n) is 7.44. The minimum atomic E-state index is 0.327. The summed E-state index contributed by atoms with van der Waals surface area (Å²) in [4.78, 5) is 4.27. The first-order chi connectivity index (χ1) is 11.1. The Morgan fingerprint density at radius 1 is 0.913 bits per heavy atom. The van der Waals surface area contributed by atoms with E-state index in [1.807, 2.05) is 19.9 Å². The van der Waals surface area contributed by atoms with Gasteiger partial charge in [-0.3, -0.25) is 0 Å². The summed E-state index contributed by atoms with van der Waals surface area (Å²) in [7, 11) is 0. The molecule has 0 radical (unpaired) electrons. The quantitative estimate of drug-likeness (QED) is 0.736. The molecule has 0 unspecified atom stereocenters. The number of rotatable bonds is 2. The van der Waals surface area contributed by atoms with Crippen molar-refractivity contribution in [1.29, 1.82) is 0 Å². The molecule has 0 spiro atoms. The Kier molecular flexibility index (Phi) is 5.66. The predicted molar refractivity (Wildman–Crippen MR) is 96.2 cm³/mol. The van der Waals surface area contributed by atoms with Gasteiger partial charge < -0.3 is 5.73 Å². The van der Waals surface area contributed by atoms with Crippen LogP contribution in [0.2, 0.25) is 5.15 Å². The molecule has 23 heavy (non-hydrogen) atoms. The number of benzene rings is 1. The van der Waals surface area contributed by atoms with Gasteiger partial charge in [0.2, 0.25) is 0 Å². The number of halogens is 1. The average molecular weight is 327 g/mol. The number of aromatic nitrogens is 3. The van der Waals surface area contributed by atoms with Crippen LogP contribution in [-0.4, -0.2) is 15.2 Å². The molecule has 0 aliphatic heterocycles. The Balaban J connectivity index is 0.000000924. The van der Waals surface area contributed by atoms with Crippen molar-refractivity contribution in [3.8, 4) is 22.3 Å². The highest BCUT2D eigenvalue weighted by Gasteiger charge is 2.08. The van der Waals surface area contributed by atoms with Gasteiger partial charge in [0.25, 0.3) is 0 Å². The highest BCUT2D eigenvalue weighted by molar-refractivity contribution is 6.29. The van der Waals surface area contributed by atoms with Crippen LogP contribution in [-0.2, 0) is 0 Å². The van der Waals surface area contributed by atoms with E-state index < -0.39 is 0 Å². The highest BCUT2D eigenvalue weighted by Crippen LogP contribution is 2.29. The summed E-state index contributed by atoms with van der Waals surface area (Å²) >= 11 is 5.89. The summed E-state index contributed by atoms with van der Waals surface area (Å²) in [6.07, 6.45) is 3.39. The highest BCUT2D eigenvalue weighted by atomic mass is 35.5. The van der Waals surface area contributed by atoms with Crippen LogP contribution >= 0.6 is 11.6 Å². The van der Waals surface area contributed by atoms with E-state index in [9.17, 15) is 0 Å². The van der Waals surface area contributed by atoms with Gasteiger partial charge >= 0.3 is 0 Å². The molecule has 0 atom stereocenters. The van der Waals surface area contributed by atoms with Crippen LogP contribution in [0.5, 0.6) is 0 Å². The first-order valence-corrected chi connectivity index (χ1v) is 7.82. The van der Waals surface area contributed by atoms with Gasteiger partial charge in [0.1, 0.15) is 5.82 Å². The van der Waals surface area contributed by atoms with E-state index in [0.29, 0.717) is 11.0 Å². The van der Waals surface area contributed by atoms with Crippen molar-refractivity contribution in [2.45, 2.75) is 20.8 Å². The molecular weight excluding hydrogens is 308 g/mol. The molecule has 4 nitrogen and oxygen atoms in total. The summed E-state index contributed by atoms with van der Waals surface area (Å²) in [5.41, 5.74) is 10.9. The number of aryl methyl sites for hydroxylation is 1. The standard InChI is InChI=1S/C16H13ClN4.C2H6/c1-10-2-4-11(5-3-10)12-6-14(16(18)19-8-12)13-7-15(17)21-20-9-13;1-2/h2-9H,1H3,(H2,18,19);1-2H3. The maximum atomic E-state index is 5.97. The third-order valence-corrected chi connectivity index (χ3v) is 3.42. The van der Waals surface area contributed by atoms with Gasteiger partial charge in [-0.05, 0) is 24.6 Å². The fourth-order valence-corrected chi connectivity index (χ4v) is 2.26. The fraction of sp³-hybridized carbons (Fsp3) is 0.167. The molecule has 0 aliphatic rings. The number of nitrogens with zero attached hydrogens (tertiary/aromatic N) is 3. The molecule has 2 heterocycles. The Hall–Kier alpha value is -2.46. The van der Waals surface area contributed by atoms with Crippen LogP contribution in [0.1, 0.15) is 19.4 Å². The molecule has 0 amide bonds. The van der Waals surface area contributed by atoms with Crippen molar-refractivity contribution < 1.29 is 0 Å². The van der Waals surface area contributed by atoms with Crippen LogP contribution in [0.3, 0.4) is 0 Å². The second kappa shape index (κ2) is 7.70. The van der Waals surface area contributed by atoms with Gasteiger partial charge in [0, 0.05) is 22.9 Å². The van der Waals surface area contributed by atoms with Crippen molar-refractivity contribution >= 4 is 17.4 Å². The first kappa shape index (κ1) is 16.9. The number of hydrogen-bond acceptors (Lipinski definition) is 4. The molecule has 5 heteroatoms. The summed E-state index contributed by atoms with van der Waals surface area (Å²) in [5, 5.41) is 7.92. The minimum Gasteiger partial charge on any atom is -0.383 e. The number of anilines is 1. The van der Waals surface area contributed by atoms with E-state index in [1.165, 1.54) is 5.56 Å². The molecule has 2 N–H and O–H groups in total. The van der Waals surface area contributed by atoms with Crippen molar-refractivity contribution in [3.05, 3.63) is 59.5 Å². The van der Waals surface area contributed by atoms with E-state index in [1.54, 1.807) is 18.5 Å². The lowest BCUT2D eigenvalue weighted by Crippen LogP contribution is -1.96. The molecule has 0 saturated heterocycles. The molecule has 0 bridgehead atoms. The lowest BCUT2D eigenvalue weighted by atomic mass is 10.0. The topological polar surface area (TPSA) is 64.7 Å². The number of nitrogen functional groups attached to an aromatic ring is 1. The van der Waals surface area contributed by atoms with E-state index in [0.717, 1.165) is 22.3 Å². The monoisotopic (exact) mass is 326 g/mol. The summed E-state index contributed by atoms with van der Waals surface area (Å²) < 4.78 is 0. The van der Waals surface area contributed by atoms with E-state index >= 15 is 0 Å². The zero-order valence-corrected chi connectivity index (χ0v) is 14.2. The van der Waals surface area contributed by atoms with Crippen molar-refractivity contribution in [1.82, 2.24) is 15.2 Å². The Morgan fingerprint density at radius 2 is 1.61 bits per heavy atom. The summed E-state index contributed by atoms with van der Waals surface area (Å²) in [6.45, 7) is 6.06. The minimum absolute atomic E-state index is 0.327. The largest absolute Gasteiger partial charge is 0.383 e. The molecule has 0 aliphatic carbocycles. The number of nitrogens with two attached hydrogens (primary N) is 1. The van der Waals surface area contributed by atoms with E-state index in [4.69, 9.17) is 17.3 Å². The molecule has 1 aromatic carbocycles. The second-order valence-electron chi connectivity index (χ2n) is 4.79. The van der Waals surface area contributed by atoms with Gasteiger partial charge in [-0.15, -0.1) is 5.10 Å². The van der Waals surface area contributed by atoms with Gasteiger partial charge in [0.15, 0.2) is 5.15 Å². The van der Waals surface area contributed by atoms with E-state index in [-0.39, 0.29) is 0 Å². The number of pyridine rings is 1. The van der Waals surface area contributed by atoms with Crippen LogP contribution in [0.25, 0.3) is 22.3 Å². The maximum absolute atomic E-state index is 5.97. The van der Waals surface area contributed by atoms with Gasteiger partial charge in [-0.2, -0.15) is 5.10 Å². The van der Waals surface area contributed by atoms with Gasteiger partial charge in [-0.25, -0.2) is 4.98 Å². The van der Waals surface area contributed by atoms with Crippen molar-refractivity contribution in [2.24, 2.45) is 0 Å². The lowest BCUT2D eigenvalue weighted by molar-refractivity contribution is 1.03. The van der Waals surface area contributed by atoms with Crippen molar-refractivity contribution in [3.63, 3.8) is 0 Å². The lowest BCUT2D eigenvalue weighted by Gasteiger charge is -2.08. The SMILES string of the molecule is CC.Cc1ccc(-c2cnc(N)c(-c3cnnc(Cl)c3)c2)cc1. The average Bonchev–Trinajstić information content (AvgIpc) is 2.58. The Morgan fingerprint density at radius 3 is 2.26 bits per heavy atom. The van der Waals surface area contributed by atoms with Crippen LogP contribution < -0.4 is 5.73 Å². The molecule has 3 rings (SSSR count). The van der Waals surface area contributed by atoms with Gasteiger partial charge in [-0.1, -0.05) is 55.3 Å². The maximum Gasteiger partial charge on any atom is 0.152 e. The smallest absolute Gasteiger partial charge is 0.152 e. The van der Waals surface area contributed by atoms with Gasteiger partial charge in [0.05, 0.1) is 6.20 Å². The second-order valence-corrected chi connectivity index (χ2v) is 5.18. The Labute approximate surface area is 141 Å². The number of hydrogen-bond donors (Lipinski definition) is 1. The molecule has 118 valence electrons. The predicted octanol–water partition coefficient (Wildman–Crippen LogP) is 4.78. The molecule has 3 aromatic rings. The zero-order chi connectivity index (χ0) is 16.8. The molecule has 0 fully saturated rings. The fourth-order valence-electron chi connectivity index (χ4n) is 2.10.